The highest BCUT2D eigenvalue weighted by atomic mass is 35.5. The lowest BCUT2D eigenvalue weighted by molar-refractivity contribution is -0.126. The Kier molecular flexibility index (Phi) is 3.32. The maximum atomic E-state index is 12.7. The van der Waals surface area contributed by atoms with Gasteiger partial charge in [0.05, 0.1) is 11.1 Å². The molecule has 0 saturated heterocycles. The molecule has 0 aromatic carbocycles. The Morgan fingerprint density at radius 2 is 2.00 bits per heavy atom. The summed E-state index contributed by atoms with van der Waals surface area (Å²) in [6.07, 6.45) is 4.02. The molecule has 2 N–H and O–H groups in total. The molecule has 1 aliphatic carbocycles. The molecule has 2 heterocycles. The highest BCUT2D eigenvalue weighted by Crippen LogP contribution is 2.42. The van der Waals surface area contributed by atoms with Crippen LogP contribution in [0.2, 0.25) is 5.28 Å². The van der Waals surface area contributed by atoms with E-state index in [1.807, 2.05) is 6.92 Å². The van der Waals surface area contributed by atoms with Gasteiger partial charge in [0.1, 0.15) is 5.69 Å². The van der Waals surface area contributed by atoms with Crippen LogP contribution in [0.4, 0.5) is 11.5 Å². The molecule has 0 unspecified atom stereocenters. The van der Waals surface area contributed by atoms with Gasteiger partial charge < -0.3 is 10.6 Å². The molecule has 1 fully saturated rings. The maximum Gasteiger partial charge on any atom is 0.232 e. The van der Waals surface area contributed by atoms with E-state index in [2.05, 4.69) is 27.5 Å². The number of halogens is 1. The number of amides is 1. The number of anilines is 2. The summed E-state index contributed by atoms with van der Waals surface area (Å²) in [6.45, 7) is 4.69. The van der Waals surface area contributed by atoms with Crippen molar-refractivity contribution in [1.82, 2.24) is 9.97 Å². The van der Waals surface area contributed by atoms with Crippen LogP contribution < -0.4 is 10.6 Å². The van der Waals surface area contributed by atoms with Crippen LogP contribution >= 0.6 is 11.6 Å². The lowest BCUT2D eigenvalue weighted by Crippen LogP contribution is -2.42. The Balaban J connectivity index is 1.92. The number of nitrogens with zero attached hydrogens (tertiary/aromatic N) is 2. The fourth-order valence-corrected chi connectivity index (χ4v) is 3.33. The Morgan fingerprint density at radius 3 is 2.70 bits per heavy atom. The topological polar surface area (TPSA) is 66.9 Å². The molecule has 6 heteroatoms. The van der Waals surface area contributed by atoms with E-state index < -0.39 is 0 Å². The van der Waals surface area contributed by atoms with Crippen LogP contribution in [-0.2, 0) is 4.79 Å². The number of aryl methyl sites for hydroxylation is 1. The number of aromatic nitrogens is 2. The van der Waals surface area contributed by atoms with Crippen molar-refractivity contribution in [3.8, 4) is 0 Å². The van der Waals surface area contributed by atoms with E-state index in [0.717, 1.165) is 25.7 Å². The number of nitrogens with one attached hydrogen (secondary N) is 2. The fraction of sp³-hybridized carbons (Fsp3) is 0.643. The van der Waals surface area contributed by atoms with Crippen LogP contribution in [0.3, 0.4) is 0 Å². The second-order valence-electron chi connectivity index (χ2n) is 6.07. The molecule has 2 aliphatic rings. The molecule has 108 valence electrons. The minimum Gasteiger partial charge on any atom is -0.367 e. The van der Waals surface area contributed by atoms with Gasteiger partial charge in [0.25, 0.3) is 0 Å². The van der Waals surface area contributed by atoms with Crippen LogP contribution in [-0.4, -0.2) is 22.4 Å². The number of fused-ring (bicyclic) bond motifs is 1. The quantitative estimate of drug-likeness (QED) is 0.722. The average molecular weight is 295 g/mol. The van der Waals surface area contributed by atoms with Crippen molar-refractivity contribution < 1.29 is 4.79 Å². The Bertz CT molecular complexity index is 552. The molecule has 1 aliphatic heterocycles. The second-order valence-corrected chi connectivity index (χ2v) is 6.41. The van der Waals surface area contributed by atoms with Gasteiger partial charge in [0.2, 0.25) is 11.2 Å². The van der Waals surface area contributed by atoms with Gasteiger partial charge in [-0.15, -0.1) is 0 Å². The molecule has 0 atom stereocenters. The summed E-state index contributed by atoms with van der Waals surface area (Å²) in [5.74, 6) is 1.42. The fourth-order valence-electron chi connectivity index (χ4n) is 3.11. The first-order chi connectivity index (χ1) is 9.50. The van der Waals surface area contributed by atoms with Crippen molar-refractivity contribution in [2.24, 2.45) is 11.3 Å². The summed E-state index contributed by atoms with van der Waals surface area (Å²) in [7, 11) is 0. The number of hydrogen-bond donors (Lipinski definition) is 2. The number of rotatable bonds is 0. The van der Waals surface area contributed by atoms with E-state index in [1.54, 1.807) is 0 Å². The normalized spacial score (nSPS) is 29.4. The first-order valence-corrected chi connectivity index (χ1v) is 7.47. The lowest BCUT2D eigenvalue weighted by Gasteiger charge is -2.36. The van der Waals surface area contributed by atoms with E-state index in [1.165, 1.54) is 0 Å². The zero-order chi connectivity index (χ0) is 14.3. The van der Waals surface area contributed by atoms with Crippen molar-refractivity contribution in [3.63, 3.8) is 0 Å². The Hall–Kier alpha value is -1.36. The van der Waals surface area contributed by atoms with E-state index in [9.17, 15) is 4.79 Å². The first-order valence-electron chi connectivity index (χ1n) is 7.10. The summed E-state index contributed by atoms with van der Waals surface area (Å²) in [4.78, 5) is 21.0. The van der Waals surface area contributed by atoms with Gasteiger partial charge in [0, 0.05) is 6.54 Å². The minimum atomic E-state index is -0.327. The zero-order valence-corrected chi connectivity index (χ0v) is 12.5. The van der Waals surface area contributed by atoms with Crippen LogP contribution in [0.25, 0.3) is 0 Å². The van der Waals surface area contributed by atoms with Crippen LogP contribution in [0.5, 0.6) is 0 Å². The van der Waals surface area contributed by atoms with E-state index in [4.69, 9.17) is 11.6 Å². The smallest absolute Gasteiger partial charge is 0.232 e. The van der Waals surface area contributed by atoms with Crippen LogP contribution in [0.15, 0.2) is 0 Å². The van der Waals surface area contributed by atoms with Gasteiger partial charge in [0.15, 0.2) is 5.82 Å². The van der Waals surface area contributed by atoms with Crippen molar-refractivity contribution >= 4 is 29.0 Å². The second kappa shape index (κ2) is 4.88. The predicted octanol–water partition coefficient (Wildman–Crippen LogP) is 3.00. The molecule has 1 aromatic heterocycles. The molecule has 1 amide bonds. The number of hydrogen-bond acceptors (Lipinski definition) is 4. The van der Waals surface area contributed by atoms with Crippen molar-refractivity contribution in [3.05, 3.63) is 11.0 Å². The Morgan fingerprint density at radius 1 is 1.30 bits per heavy atom. The largest absolute Gasteiger partial charge is 0.367 e. The maximum absolute atomic E-state index is 12.7. The monoisotopic (exact) mass is 294 g/mol. The highest BCUT2D eigenvalue weighted by Gasteiger charge is 2.43. The lowest BCUT2D eigenvalue weighted by atomic mass is 9.70. The molecule has 1 saturated carbocycles. The molecule has 5 nitrogen and oxygen atoms in total. The third kappa shape index (κ3) is 2.24. The van der Waals surface area contributed by atoms with Crippen molar-refractivity contribution in [2.75, 3.05) is 17.2 Å². The van der Waals surface area contributed by atoms with Crippen LogP contribution in [0.1, 0.15) is 38.3 Å². The SMILES string of the molecule is Cc1nc(Cl)nc2c1NC(=O)C1(CCC(C)CC1)CN2. The summed E-state index contributed by atoms with van der Waals surface area (Å²) in [6, 6.07) is 0. The van der Waals surface area contributed by atoms with Gasteiger partial charge in [-0.2, -0.15) is 4.98 Å². The summed E-state index contributed by atoms with van der Waals surface area (Å²) in [5, 5.41) is 6.51. The average Bonchev–Trinajstić information content (AvgIpc) is 2.53. The minimum absolute atomic E-state index is 0.0877. The zero-order valence-electron chi connectivity index (χ0n) is 11.8. The predicted molar refractivity (Wildman–Crippen MR) is 79.0 cm³/mol. The summed E-state index contributed by atoms with van der Waals surface area (Å²) >= 11 is 5.89. The van der Waals surface area contributed by atoms with Gasteiger partial charge >= 0.3 is 0 Å². The number of carbonyl (C=O) groups excluding carboxylic acids is 1. The third-order valence-corrected chi connectivity index (χ3v) is 4.78. The van der Waals surface area contributed by atoms with Gasteiger partial charge in [-0.05, 0) is 50.1 Å². The Labute approximate surface area is 123 Å². The highest BCUT2D eigenvalue weighted by molar-refractivity contribution is 6.28. The molecular formula is C14H19ClN4O. The van der Waals surface area contributed by atoms with Crippen molar-refractivity contribution in [2.45, 2.75) is 39.5 Å². The molecule has 3 rings (SSSR count). The molecule has 0 bridgehead atoms. The van der Waals surface area contributed by atoms with Crippen LogP contribution in [0, 0.1) is 18.3 Å². The molecule has 1 aromatic rings. The van der Waals surface area contributed by atoms with Crippen molar-refractivity contribution in [1.29, 1.82) is 0 Å². The molecular weight excluding hydrogens is 276 g/mol. The summed E-state index contributed by atoms with van der Waals surface area (Å²) in [5.41, 5.74) is 1.03. The van der Waals surface area contributed by atoms with Gasteiger partial charge in [-0.1, -0.05) is 6.92 Å². The first kappa shape index (κ1) is 13.6. The van der Waals surface area contributed by atoms with E-state index in [0.29, 0.717) is 29.7 Å². The van der Waals surface area contributed by atoms with Gasteiger partial charge in [-0.25, -0.2) is 4.98 Å². The molecule has 1 spiro atoms. The van der Waals surface area contributed by atoms with Gasteiger partial charge in [-0.3, -0.25) is 4.79 Å². The summed E-state index contributed by atoms with van der Waals surface area (Å²) < 4.78 is 0. The van der Waals surface area contributed by atoms with E-state index >= 15 is 0 Å². The van der Waals surface area contributed by atoms with E-state index in [-0.39, 0.29) is 16.6 Å². The molecule has 20 heavy (non-hydrogen) atoms. The number of carbonyl (C=O) groups is 1. The standard InChI is InChI=1S/C14H19ClN4O/c1-8-3-5-14(6-4-8)7-16-11-10(18-12(14)20)9(2)17-13(15)19-11/h8H,3-7H2,1-2H3,(H,18,20)(H,16,17,19). The molecule has 0 radical (unpaired) electrons. The third-order valence-electron chi connectivity index (χ3n) is 4.61.